The summed E-state index contributed by atoms with van der Waals surface area (Å²) in [5.74, 6) is -0.523. The average Bonchev–Trinajstić information content (AvgIpc) is 2.36. The summed E-state index contributed by atoms with van der Waals surface area (Å²) >= 11 is 2.99. The van der Waals surface area contributed by atoms with Crippen LogP contribution in [0.15, 0.2) is 46.9 Å². The van der Waals surface area contributed by atoms with Gasteiger partial charge in [-0.3, -0.25) is 0 Å². The molecular weight excluding hydrogens is 359 g/mol. The molecule has 0 atom stereocenters. The molecule has 0 heterocycles. The third-order valence-electron chi connectivity index (χ3n) is 2.67. The molecule has 2 rings (SSSR count). The number of halogens is 6. The summed E-state index contributed by atoms with van der Waals surface area (Å²) in [7, 11) is 0. The second kappa shape index (κ2) is 6.01. The van der Waals surface area contributed by atoms with E-state index in [2.05, 4.69) is 20.7 Å². The molecule has 0 radical (unpaired) electrons. The number of benzene rings is 2. The van der Waals surface area contributed by atoms with Crippen molar-refractivity contribution in [3.63, 3.8) is 0 Å². The van der Waals surface area contributed by atoms with Gasteiger partial charge in [0.15, 0.2) is 0 Å². The van der Waals surface area contributed by atoms with E-state index in [-0.39, 0.29) is 21.2 Å². The van der Waals surface area contributed by atoms with Gasteiger partial charge >= 0.3 is 6.36 Å². The van der Waals surface area contributed by atoms with E-state index >= 15 is 0 Å². The molecule has 2 aromatic rings. The second-order valence-corrected chi connectivity index (χ2v) is 4.90. The molecule has 0 bridgehead atoms. The first kappa shape index (κ1) is 15.8. The number of hydrogen-bond acceptors (Lipinski definition) is 1. The maximum atomic E-state index is 13.2. The lowest BCUT2D eigenvalue weighted by atomic mass is 9.99. The van der Waals surface area contributed by atoms with Gasteiger partial charge in [0.2, 0.25) is 0 Å². The summed E-state index contributed by atoms with van der Waals surface area (Å²) in [4.78, 5) is 0. The molecule has 0 spiro atoms. The Bertz CT molecular complexity index is 640. The Labute approximate surface area is 125 Å². The predicted molar refractivity (Wildman–Crippen MR) is 71.2 cm³/mol. The molecule has 0 N–H and O–H groups in total. The Morgan fingerprint density at radius 2 is 1.52 bits per heavy atom. The Morgan fingerprint density at radius 1 is 0.905 bits per heavy atom. The highest BCUT2D eigenvalue weighted by atomic mass is 79.9. The van der Waals surface area contributed by atoms with E-state index in [1.54, 1.807) is 0 Å². The summed E-state index contributed by atoms with van der Waals surface area (Å²) in [6.45, 7) is 0. The van der Waals surface area contributed by atoms with Crippen LogP contribution >= 0.6 is 15.9 Å². The zero-order valence-electron chi connectivity index (χ0n) is 10.3. The lowest BCUT2D eigenvalue weighted by Gasteiger charge is -2.16. The van der Waals surface area contributed by atoms with Crippen molar-refractivity contribution in [2.45, 2.75) is 12.8 Å². The maximum absolute atomic E-state index is 13.2. The average molecular weight is 367 g/mol. The van der Waals surface area contributed by atoms with Crippen LogP contribution in [-0.2, 0) is 0 Å². The number of rotatable bonds is 3. The lowest BCUT2D eigenvalue weighted by molar-refractivity contribution is -0.274. The summed E-state index contributed by atoms with van der Waals surface area (Å²) in [6, 6.07) is 9.37. The van der Waals surface area contributed by atoms with E-state index in [0.717, 1.165) is 6.07 Å². The molecule has 0 aromatic heterocycles. The molecule has 0 fully saturated rings. The third-order valence-corrected chi connectivity index (χ3v) is 3.37. The molecule has 0 aliphatic carbocycles. The van der Waals surface area contributed by atoms with Crippen molar-refractivity contribution in [3.05, 3.63) is 52.5 Å². The molecule has 0 amide bonds. The van der Waals surface area contributed by atoms with Crippen molar-refractivity contribution in [1.29, 1.82) is 0 Å². The molecule has 7 heteroatoms. The van der Waals surface area contributed by atoms with Crippen LogP contribution < -0.4 is 4.74 Å². The number of alkyl halides is 5. The van der Waals surface area contributed by atoms with Crippen molar-refractivity contribution in [2.75, 3.05) is 0 Å². The molecule has 1 nitrogen and oxygen atoms in total. The largest absolute Gasteiger partial charge is 0.573 e. The fraction of sp³-hybridized carbons (Fsp3) is 0.143. The van der Waals surface area contributed by atoms with Gasteiger partial charge in [-0.2, -0.15) is 0 Å². The zero-order chi connectivity index (χ0) is 15.6. The van der Waals surface area contributed by atoms with E-state index in [4.69, 9.17) is 0 Å². The topological polar surface area (TPSA) is 9.23 Å². The first-order valence-corrected chi connectivity index (χ1v) is 6.50. The van der Waals surface area contributed by atoms with Crippen LogP contribution in [0, 0.1) is 0 Å². The van der Waals surface area contributed by atoms with Crippen LogP contribution in [0.5, 0.6) is 5.75 Å². The molecule has 21 heavy (non-hydrogen) atoms. The second-order valence-electron chi connectivity index (χ2n) is 4.05. The lowest BCUT2D eigenvalue weighted by Crippen LogP contribution is -2.17. The van der Waals surface area contributed by atoms with E-state index in [1.807, 2.05) is 0 Å². The van der Waals surface area contributed by atoms with Gasteiger partial charge in [-0.15, -0.1) is 13.2 Å². The quantitative estimate of drug-likeness (QED) is 0.609. The van der Waals surface area contributed by atoms with E-state index in [9.17, 15) is 22.0 Å². The van der Waals surface area contributed by atoms with Gasteiger partial charge in [0.05, 0.1) is 0 Å². The van der Waals surface area contributed by atoms with E-state index in [0.29, 0.717) is 0 Å². The molecule has 0 aliphatic rings. The Kier molecular flexibility index (Phi) is 4.51. The minimum absolute atomic E-state index is 0.0146. The number of hydrogen-bond donors (Lipinski definition) is 0. The van der Waals surface area contributed by atoms with Gasteiger partial charge < -0.3 is 4.74 Å². The zero-order valence-corrected chi connectivity index (χ0v) is 11.9. The van der Waals surface area contributed by atoms with Crippen LogP contribution in [0.2, 0.25) is 0 Å². The molecule has 2 aromatic carbocycles. The van der Waals surface area contributed by atoms with Crippen molar-refractivity contribution >= 4 is 15.9 Å². The van der Waals surface area contributed by atoms with Gasteiger partial charge in [0, 0.05) is 15.6 Å². The summed E-state index contributed by atoms with van der Waals surface area (Å²) in [6.07, 6.45) is -7.73. The fourth-order valence-corrected chi connectivity index (χ4v) is 2.44. The Hall–Kier alpha value is -1.63. The van der Waals surface area contributed by atoms with Crippen LogP contribution in [0.25, 0.3) is 11.1 Å². The highest BCUT2D eigenvalue weighted by Crippen LogP contribution is 2.41. The van der Waals surface area contributed by atoms with Crippen LogP contribution in [-0.4, -0.2) is 6.36 Å². The van der Waals surface area contributed by atoms with Crippen molar-refractivity contribution < 1.29 is 26.7 Å². The molecule has 0 aliphatic heterocycles. The first-order valence-electron chi connectivity index (χ1n) is 5.71. The van der Waals surface area contributed by atoms with Crippen LogP contribution in [0.3, 0.4) is 0 Å². The third kappa shape index (κ3) is 3.72. The van der Waals surface area contributed by atoms with Gasteiger partial charge in [0.1, 0.15) is 5.75 Å². The van der Waals surface area contributed by atoms with Crippen LogP contribution in [0.4, 0.5) is 22.0 Å². The molecule has 0 saturated heterocycles. The van der Waals surface area contributed by atoms with Gasteiger partial charge in [0.25, 0.3) is 6.43 Å². The van der Waals surface area contributed by atoms with E-state index in [1.165, 1.54) is 36.4 Å². The summed E-state index contributed by atoms with van der Waals surface area (Å²) in [5, 5.41) is 0. The monoisotopic (exact) mass is 366 g/mol. The predicted octanol–water partition coefficient (Wildman–Crippen LogP) is 5.95. The minimum Gasteiger partial charge on any atom is -0.405 e. The van der Waals surface area contributed by atoms with Crippen molar-refractivity contribution in [1.82, 2.24) is 0 Å². The summed E-state index contributed by atoms with van der Waals surface area (Å²) < 4.78 is 67.5. The molecular formula is C14H8BrF5O. The van der Waals surface area contributed by atoms with Crippen LogP contribution in [0.1, 0.15) is 12.0 Å². The van der Waals surface area contributed by atoms with E-state index < -0.39 is 18.5 Å². The normalized spacial score (nSPS) is 11.8. The highest BCUT2D eigenvalue weighted by Gasteiger charge is 2.32. The number of para-hydroxylation sites is 1. The molecule has 0 saturated carbocycles. The smallest absolute Gasteiger partial charge is 0.405 e. The standard InChI is InChI=1S/C14H8BrF5O/c15-10-6-3-5-9(12(10)13(16)17)8-4-1-2-7-11(8)21-14(18,19)20/h1-7,13H. The van der Waals surface area contributed by atoms with Gasteiger partial charge in [-0.05, 0) is 17.7 Å². The Balaban J connectivity index is 2.60. The first-order chi connectivity index (χ1) is 9.79. The fourth-order valence-electron chi connectivity index (χ4n) is 1.90. The SMILES string of the molecule is FC(F)c1c(Br)cccc1-c1ccccc1OC(F)(F)F. The molecule has 112 valence electrons. The van der Waals surface area contributed by atoms with Gasteiger partial charge in [-0.1, -0.05) is 46.3 Å². The minimum atomic E-state index is -4.90. The maximum Gasteiger partial charge on any atom is 0.573 e. The van der Waals surface area contributed by atoms with Crippen molar-refractivity contribution in [2.24, 2.45) is 0 Å². The molecule has 0 unspecified atom stereocenters. The summed E-state index contributed by atoms with van der Waals surface area (Å²) in [5.41, 5.74) is -0.443. The van der Waals surface area contributed by atoms with Gasteiger partial charge in [-0.25, -0.2) is 8.78 Å². The highest BCUT2D eigenvalue weighted by molar-refractivity contribution is 9.10. The van der Waals surface area contributed by atoms with Crippen molar-refractivity contribution in [3.8, 4) is 16.9 Å². The Morgan fingerprint density at radius 3 is 2.14 bits per heavy atom. The number of ether oxygens (including phenoxy) is 1.